The highest BCUT2D eigenvalue weighted by Crippen LogP contribution is 2.37. The van der Waals surface area contributed by atoms with E-state index in [1.807, 2.05) is 49.4 Å². The van der Waals surface area contributed by atoms with Gasteiger partial charge in [-0.25, -0.2) is 4.39 Å². The van der Waals surface area contributed by atoms with Crippen LogP contribution >= 0.6 is 0 Å². The molecule has 1 unspecified atom stereocenters. The molecular weight excluding hydrogens is 367 g/mol. The lowest BCUT2D eigenvalue weighted by Gasteiger charge is -2.41. The first-order chi connectivity index (χ1) is 14.1. The predicted octanol–water partition coefficient (Wildman–Crippen LogP) is 6.03. The van der Waals surface area contributed by atoms with Gasteiger partial charge in [0.2, 0.25) is 0 Å². The van der Waals surface area contributed by atoms with Crippen molar-refractivity contribution in [3.05, 3.63) is 90.3 Å². The normalized spacial score (nSPS) is 26.1. The topological polar surface area (TPSA) is 27.7 Å². The number of ether oxygens (including phenoxy) is 3. The van der Waals surface area contributed by atoms with Crippen molar-refractivity contribution in [3.63, 3.8) is 0 Å². The first-order valence-corrected chi connectivity index (χ1v) is 10.0. The fraction of sp³-hybridized carbons (Fsp3) is 0.360. The van der Waals surface area contributed by atoms with Crippen LogP contribution in [0.1, 0.15) is 31.3 Å². The maximum atomic E-state index is 13.0. The minimum atomic E-state index is -0.548. The van der Waals surface area contributed by atoms with Crippen molar-refractivity contribution in [2.24, 2.45) is 11.8 Å². The number of allylic oxidation sites excluding steroid dienone is 1. The Bertz CT molecular complexity index is 801. The van der Waals surface area contributed by atoms with Crippen molar-refractivity contribution < 1.29 is 18.6 Å². The van der Waals surface area contributed by atoms with E-state index in [9.17, 15) is 4.39 Å². The van der Waals surface area contributed by atoms with E-state index < -0.39 is 6.29 Å². The van der Waals surface area contributed by atoms with E-state index in [1.54, 1.807) is 7.11 Å². The molecule has 29 heavy (non-hydrogen) atoms. The summed E-state index contributed by atoms with van der Waals surface area (Å²) in [5.41, 5.74) is 2.16. The quantitative estimate of drug-likeness (QED) is 0.535. The molecule has 2 aromatic carbocycles. The van der Waals surface area contributed by atoms with Crippen molar-refractivity contribution in [2.75, 3.05) is 7.11 Å². The molecular formula is C25H29FO3. The molecule has 3 nitrogen and oxygen atoms in total. The van der Waals surface area contributed by atoms with Gasteiger partial charge in [0.25, 0.3) is 0 Å². The van der Waals surface area contributed by atoms with Crippen LogP contribution in [0.2, 0.25) is 0 Å². The van der Waals surface area contributed by atoms with Crippen molar-refractivity contribution in [3.8, 4) is 5.75 Å². The Morgan fingerprint density at radius 1 is 1.07 bits per heavy atom. The van der Waals surface area contributed by atoms with Crippen LogP contribution in [0, 0.1) is 11.8 Å². The highest BCUT2D eigenvalue weighted by Gasteiger charge is 2.38. The number of hydrogen-bond acceptors (Lipinski definition) is 3. The van der Waals surface area contributed by atoms with Crippen molar-refractivity contribution in [1.82, 2.24) is 0 Å². The third kappa shape index (κ3) is 5.55. The fourth-order valence-corrected chi connectivity index (χ4v) is 3.71. The van der Waals surface area contributed by atoms with E-state index >= 15 is 0 Å². The maximum absolute atomic E-state index is 13.0. The largest absolute Gasteiger partial charge is 0.497 e. The summed E-state index contributed by atoms with van der Waals surface area (Å²) in [6.07, 6.45) is 6.27. The molecule has 5 atom stereocenters. The molecule has 1 heterocycles. The van der Waals surface area contributed by atoms with Crippen LogP contribution < -0.4 is 4.74 Å². The highest BCUT2D eigenvalue weighted by atomic mass is 19.1. The zero-order chi connectivity index (χ0) is 20.6. The van der Waals surface area contributed by atoms with Crippen LogP contribution in [0.3, 0.4) is 0 Å². The lowest BCUT2D eigenvalue weighted by atomic mass is 9.87. The Hall–Kier alpha value is -2.43. The van der Waals surface area contributed by atoms with Crippen LogP contribution in [-0.2, 0) is 15.9 Å². The predicted molar refractivity (Wildman–Crippen MR) is 113 cm³/mol. The van der Waals surface area contributed by atoms with E-state index in [0.29, 0.717) is 6.33 Å². The van der Waals surface area contributed by atoms with Gasteiger partial charge in [-0.1, -0.05) is 68.5 Å². The van der Waals surface area contributed by atoms with Gasteiger partial charge in [-0.3, -0.25) is 0 Å². The van der Waals surface area contributed by atoms with Crippen molar-refractivity contribution >= 4 is 0 Å². The molecule has 0 bridgehead atoms. The summed E-state index contributed by atoms with van der Waals surface area (Å²) in [5, 5.41) is 0. The Morgan fingerprint density at radius 2 is 1.79 bits per heavy atom. The smallest absolute Gasteiger partial charge is 0.184 e. The van der Waals surface area contributed by atoms with Crippen LogP contribution in [0.15, 0.2) is 79.2 Å². The average molecular weight is 397 g/mol. The van der Waals surface area contributed by atoms with E-state index in [-0.39, 0.29) is 24.0 Å². The second kappa shape index (κ2) is 10.4. The minimum absolute atomic E-state index is 0.0212. The van der Waals surface area contributed by atoms with Gasteiger partial charge in [0.15, 0.2) is 6.29 Å². The molecule has 0 aliphatic carbocycles. The summed E-state index contributed by atoms with van der Waals surface area (Å²) in [6, 6.07) is 17.9. The molecule has 0 saturated carbocycles. The molecule has 4 heteroatoms. The second-order valence-electron chi connectivity index (χ2n) is 7.46. The van der Waals surface area contributed by atoms with Gasteiger partial charge in [0.1, 0.15) is 5.75 Å². The standard InChI is InChI=1S/C25H29FO3/c1-18(8-7-11-20-9-5-4-6-10-20)24-19(2)23(16-17-26)28-25(29-24)21-12-14-22(27-3)15-13-21/h4-10,12-19,23-25H,11H2,1-3H3/b8-7+,17-16-/t18-,19+,23-,24-,25?/m0/s1. The van der Waals surface area contributed by atoms with Crippen LogP contribution in [-0.4, -0.2) is 19.3 Å². The molecule has 1 saturated heterocycles. The van der Waals surface area contributed by atoms with E-state index in [0.717, 1.165) is 17.7 Å². The zero-order valence-electron chi connectivity index (χ0n) is 17.2. The molecule has 154 valence electrons. The first kappa shape index (κ1) is 21.3. The first-order valence-electron chi connectivity index (χ1n) is 10.0. The summed E-state index contributed by atoms with van der Waals surface area (Å²) >= 11 is 0. The summed E-state index contributed by atoms with van der Waals surface area (Å²) in [7, 11) is 1.63. The lowest BCUT2D eigenvalue weighted by molar-refractivity contribution is -0.266. The van der Waals surface area contributed by atoms with Crippen LogP contribution in [0.25, 0.3) is 0 Å². The Labute approximate surface area is 172 Å². The van der Waals surface area contributed by atoms with E-state index in [2.05, 4.69) is 31.2 Å². The van der Waals surface area contributed by atoms with Gasteiger partial charge in [0.05, 0.1) is 25.6 Å². The molecule has 0 radical (unpaired) electrons. The van der Waals surface area contributed by atoms with Crippen LogP contribution in [0.4, 0.5) is 4.39 Å². The number of methoxy groups -OCH3 is 1. The highest BCUT2D eigenvalue weighted by molar-refractivity contribution is 5.28. The molecule has 0 N–H and O–H groups in total. The third-order valence-corrected chi connectivity index (χ3v) is 5.40. The lowest BCUT2D eigenvalue weighted by Crippen LogP contribution is -2.43. The molecule has 1 fully saturated rings. The van der Waals surface area contributed by atoms with Crippen molar-refractivity contribution in [1.29, 1.82) is 0 Å². The number of benzene rings is 2. The van der Waals surface area contributed by atoms with Gasteiger partial charge in [-0.2, -0.15) is 0 Å². The Kier molecular flexibility index (Phi) is 7.62. The van der Waals surface area contributed by atoms with Crippen LogP contribution in [0.5, 0.6) is 5.75 Å². The van der Waals surface area contributed by atoms with Gasteiger partial charge in [-0.15, -0.1) is 0 Å². The fourth-order valence-electron chi connectivity index (χ4n) is 3.71. The summed E-state index contributed by atoms with van der Waals surface area (Å²) in [4.78, 5) is 0. The molecule has 2 aromatic rings. The average Bonchev–Trinajstić information content (AvgIpc) is 2.76. The summed E-state index contributed by atoms with van der Waals surface area (Å²) < 4.78 is 30.6. The molecule has 0 spiro atoms. The molecule has 3 rings (SSSR count). The van der Waals surface area contributed by atoms with Gasteiger partial charge in [0, 0.05) is 17.4 Å². The minimum Gasteiger partial charge on any atom is -0.497 e. The maximum Gasteiger partial charge on any atom is 0.184 e. The molecule has 0 aromatic heterocycles. The van der Waals surface area contributed by atoms with Crippen molar-refractivity contribution in [2.45, 2.75) is 38.8 Å². The monoisotopic (exact) mass is 396 g/mol. The number of hydrogen-bond donors (Lipinski definition) is 0. The second-order valence-corrected chi connectivity index (χ2v) is 7.46. The van der Waals surface area contributed by atoms with Gasteiger partial charge < -0.3 is 14.2 Å². The number of rotatable bonds is 7. The van der Waals surface area contributed by atoms with E-state index in [1.165, 1.54) is 11.6 Å². The molecule has 0 amide bonds. The summed E-state index contributed by atoms with van der Waals surface area (Å²) in [5.74, 6) is 0.952. The Balaban J connectivity index is 1.73. The Morgan fingerprint density at radius 3 is 2.45 bits per heavy atom. The molecule has 1 aliphatic rings. The molecule has 1 aliphatic heterocycles. The third-order valence-electron chi connectivity index (χ3n) is 5.40. The van der Waals surface area contributed by atoms with Gasteiger partial charge in [-0.05, 0) is 30.2 Å². The SMILES string of the molecule is COc1ccc(C2O[C@@H]([C@@H](C)/C=C/Cc3ccccc3)[C@H](C)[C@H](/C=C\F)O2)cc1. The summed E-state index contributed by atoms with van der Waals surface area (Å²) in [6.45, 7) is 4.18. The van der Waals surface area contributed by atoms with Gasteiger partial charge >= 0.3 is 0 Å². The van der Waals surface area contributed by atoms with E-state index in [4.69, 9.17) is 14.2 Å². The zero-order valence-corrected chi connectivity index (χ0v) is 17.2. The number of halogens is 1.